The fourth-order valence-corrected chi connectivity index (χ4v) is 3.76. The predicted octanol–water partition coefficient (Wildman–Crippen LogP) is 3.26. The summed E-state index contributed by atoms with van der Waals surface area (Å²) in [6.45, 7) is 5.49. The molecule has 17 heavy (non-hydrogen) atoms. The molecule has 0 radical (unpaired) electrons. The summed E-state index contributed by atoms with van der Waals surface area (Å²) in [5.41, 5.74) is 5.95. The largest absolute Gasteiger partial charge is 0.329 e. The van der Waals surface area contributed by atoms with E-state index in [1.54, 1.807) is 0 Å². The monoisotopic (exact) mass is 252 g/mol. The zero-order chi connectivity index (χ0) is 12.1. The normalized spacial score (nSPS) is 20.6. The lowest BCUT2D eigenvalue weighted by molar-refractivity contribution is 0.133. The molecule has 1 saturated heterocycles. The van der Waals surface area contributed by atoms with Crippen molar-refractivity contribution in [3.63, 3.8) is 0 Å². The molecular formula is C14H24N2S. The number of piperidine rings is 1. The third kappa shape index (κ3) is 3.30. The van der Waals surface area contributed by atoms with E-state index >= 15 is 0 Å². The summed E-state index contributed by atoms with van der Waals surface area (Å²) >= 11 is 1.84. The first-order valence-corrected chi connectivity index (χ1v) is 7.70. The van der Waals surface area contributed by atoms with E-state index in [1.807, 2.05) is 11.3 Å². The molecule has 96 valence electrons. The van der Waals surface area contributed by atoms with Crippen molar-refractivity contribution in [2.24, 2.45) is 11.7 Å². The van der Waals surface area contributed by atoms with Crippen molar-refractivity contribution in [1.29, 1.82) is 0 Å². The van der Waals surface area contributed by atoms with Gasteiger partial charge in [0.05, 0.1) is 6.04 Å². The van der Waals surface area contributed by atoms with E-state index in [0.717, 1.165) is 12.5 Å². The van der Waals surface area contributed by atoms with E-state index in [4.69, 9.17) is 5.73 Å². The molecule has 2 rings (SSSR count). The SMILES string of the molecule is CCCC1CCN(C(CN)c2cccs2)CC1. The minimum atomic E-state index is 0.456. The summed E-state index contributed by atoms with van der Waals surface area (Å²) in [5, 5.41) is 2.15. The number of rotatable bonds is 5. The number of nitrogens with two attached hydrogens (primary N) is 1. The van der Waals surface area contributed by atoms with Crippen LogP contribution in [0.25, 0.3) is 0 Å². The van der Waals surface area contributed by atoms with Crippen molar-refractivity contribution in [1.82, 2.24) is 4.90 Å². The molecule has 1 fully saturated rings. The van der Waals surface area contributed by atoms with E-state index in [0.29, 0.717) is 6.04 Å². The quantitative estimate of drug-likeness (QED) is 0.871. The smallest absolute Gasteiger partial charge is 0.0564 e. The second-order valence-corrected chi connectivity index (χ2v) is 6.01. The number of hydrogen-bond acceptors (Lipinski definition) is 3. The Kier molecular flexibility index (Phi) is 5.01. The van der Waals surface area contributed by atoms with E-state index in [-0.39, 0.29) is 0 Å². The van der Waals surface area contributed by atoms with Gasteiger partial charge in [-0.15, -0.1) is 11.3 Å². The van der Waals surface area contributed by atoms with Gasteiger partial charge in [0.1, 0.15) is 0 Å². The van der Waals surface area contributed by atoms with Crippen LogP contribution in [-0.2, 0) is 0 Å². The molecule has 0 aliphatic carbocycles. The van der Waals surface area contributed by atoms with E-state index < -0.39 is 0 Å². The third-order valence-electron chi connectivity index (χ3n) is 3.88. The molecule has 3 heteroatoms. The highest BCUT2D eigenvalue weighted by Gasteiger charge is 2.25. The van der Waals surface area contributed by atoms with Gasteiger partial charge in [0.15, 0.2) is 0 Å². The Morgan fingerprint density at radius 1 is 1.47 bits per heavy atom. The molecule has 1 aromatic heterocycles. The minimum Gasteiger partial charge on any atom is -0.329 e. The van der Waals surface area contributed by atoms with Crippen molar-refractivity contribution < 1.29 is 0 Å². The molecule has 1 unspecified atom stereocenters. The second kappa shape index (κ2) is 6.53. The Balaban J connectivity index is 1.90. The molecule has 0 bridgehead atoms. The summed E-state index contributed by atoms with van der Waals surface area (Å²) in [4.78, 5) is 4.01. The number of hydrogen-bond donors (Lipinski definition) is 1. The van der Waals surface area contributed by atoms with Crippen molar-refractivity contribution in [2.75, 3.05) is 19.6 Å². The lowest BCUT2D eigenvalue weighted by Gasteiger charge is -2.36. The van der Waals surface area contributed by atoms with E-state index in [9.17, 15) is 0 Å². The first kappa shape index (κ1) is 13.1. The molecule has 1 aliphatic rings. The molecule has 1 atom stereocenters. The molecule has 2 heterocycles. The van der Waals surface area contributed by atoms with Crippen molar-refractivity contribution >= 4 is 11.3 Å². The fourth-order valence-electron chi connectivity index (χ4n) is 2.89. The topological polar surface area (TPSA) is 29.3 Å². The maximum absolute atomic E-state index is 5.95. The molecule has 1 aliphatic heterocycles. The third-order valence-corrected chi connectivity index (χ3v) is 4.86. The van der Waals surface area contributed by atoms with Crippen molar-refractivity contribution in [3.05, 3.63) is 22.4 Å². The van der Waals surface area contributed by atoms with Gasteiger partial charge < -0.3 is 5.73 Å². The fraction of sp³-hybridized carbons (Fsp3) is 0.714. The average Bonchev–Trinajstić information content (AvgIpc) is 2.86. The molecule has 0 aromatic carbocycles. The Morgan fingerprint density at radius 3 is 2.76 bits per heavy atom. The van der Waals surface area contributed by atoms with Crippen molar-refractivity contribution in [3.8, 4) is 0 Å². The standard InChI is InChI=1S/C14H24N2S/c1-2-4-12-6-8-16(9-7-12)13(11-15)14-5-3-10-17-14/h3,5,10,12-13H,2,4,6-9,11,15H2,1H3. The van der Waals surface area contributed by atoms with E-state index in [1.165, 1.54) is 43.6 Å². The van der Waals surface area contributed by atoms with Gasteiger partial charge >= 0.3 is 0 Å². The lowest BCUT2D eigenvalue weighted by atomic mass is 9.91. The van der Waals surface area contributed by atoms with Gasteiger partial charge in [-0.2, -0.15) is 0 Å². The summed E-state index contributed by atoms with van der Waals surface area (Å²) in [7, 11) is 0. The number of likely N-dealkylation sites (tertiary alicyclic amines) is 1. The van der Waals surface area contributed by atoms with E-state index in [2.05, 4.69) is 29.3 Å². The molecule has 2 nitrogen and oxygen atoms in total. The lowest BCUT2D eigenvalue weighted by Crippen LogP contribution is -2.39. The highest BCUT2D eigenvalue weighted by atomic mass is 32.1. The molecule has 2 N–H and O–H groups in total. The highest BCUT2D eigenvalue weighted by molar-refractivity contribution is 7.10. The van der Waals surface area contributed by atoms with Gasteiger partial charge in [0.25, 0.3) is 0 Å². The van der Waals surface area contributed by atoms with Crippen LogP contribution in [-0.4, -0.2) is 24.5 Å². The Bertz CT molecular complexity index is 302. The maximum atomic E-state index is 5.95. The number of thiophene rings is 1. The Morgan fingerprint density at radius 2 is 2.24 bits per heavy atom. The van der Waals surface area contributed by atoms with Gasteiger partial charge in [-0.3, -0.25) is 4.90 Å². The average molecular weight is 252 g/mol. The zero-order valence-corrected chi connectivity index (χ0v) is 11.6. The maximum Gasteiger partial charge on any atom is 0.0564 e. The summed E-state index contributed by atoms with van der Waals surface area (Å²) in [5.74, 6) is 0.956. The van der Waals surface area contributed by atoms with Gasteiger partial charge in [-0.25, -0.2) is 0 Å². The van der Waals surface area contributed by atoms with Crippen LogP contribution in [0.1, 0.15) is 43.5 Å². The van der Waals surface area contributed by atoms with Crippen LogP contribution in [0.4, 0.5) is 0 Å². The number of nitrogens with zero attached hydrogens (tertiary/aromatic N) is 1. The highest BCUT2D eigenvalue weighted by Crippen LogP contribution is 2.30. The molecule has 0 saturated carbocycles. The van der Waals surface area contributed by atoms with Crippen LogP contribution < -0.4 is 5.73 Å². The Labute approximate surface area is 109 Å². The van der Waals surface area contributed by atoms with Gasteiger partial charge in [-0.05, 0) is 43.3 Å². The van der Waals surface area contributed by atoms with Crippen LogP contribution in [0.5, 0.6) is 0 Å². The summed E-state index contributed by atoms with van der Waals surface area (Å²) in [6, 6.07) is 4.81. The second-order valence-electron chi connectivity index (χ2n) is 5.03. The molecular weight excluding hydrogens is 228 g/mol. The van der Waals surface area contributed by atoms with Crippen LogP contribution in [0.2, 0.25) is 0 Å². The van der Waals surface area contributed by atoms with Crippen LogP contribution in [0.15, 0.2) is 17.5 Å². The molecule has 1 aromatic rings. The first-order valence-electron chi connectivity index (χ1n) is 6.82. The van der Waals surface area contributed by atoms with Gasteiger partial charge in [-0.1, -0.05) is 25.8 Å². The molecule has 0 spiro atoms. The van der Waals surface area contributed by atoms with Crippen LogP contribution in [0, 0.1) is 5.92 Å². The first-order chi connectivity index (χ1) is 8.35. The Hall–Kier alpha value is -0.380. The van der Waals surface area contributed by atoms with Gasteiger partial charge in [0, 0.05) is 11.4 Å². The van der Waals surface area contributed by atoms with Gasteiger partial charge in [0.2, 0.25) is 0 Å². The van der Waals surface area contributed by atoms with Crippen LogP contribution in [0.3, 0.4) is 0 Å². The summed E-state index contributed by atoms with van der Waals surface area (Å²) < 4.78 is 0. The minimum absolute atomic E-state index is 0.456. The summed E-state index contributed by atoms with van der Waals surface area (Å²) in [6.07, 6.45) is 5.45. The van der Waals surface area contributed by atoms with Crippen LogP contribution >= 0.6 is 11.3 Å². The molecule has 0 amide bonds. The predicted molar refractivity (Wildman–Crippen MR) is 75.3 cm³/mol. The zero-order valence-electron chi connectivity index (χ0n) is 10.8. The van der Waals surface area contributed by atoms with Crippen molar-refractivity contribution in [2.45, 2.75) is 38.6 Å².